The van der Waals surface area contributed by atoms with E-state index in [2.05, 4.69) is 16.2 Å². The topological polar surface area (TPSA) is 126 Å². The van der Waals surface area contributed by atoms with E-state index in [0.29, 0.717) is 32.7 Å². The van der Waals surface area contributed by atoms with Gasteiger partial charge in [-0.2, -0.15) is 0 Å². The third kappa shape index (κ3) is 7.74. The molecule has 0 aromatic heterocycles. The van der Waals surface area contributed by atoms with Crippen molar-refractivity contribution >= 4 is 11.8 Å². The molecule has 0 atom stereocenters. The molecular formula is C10H22N6O2. The molecule has 0 aliphatic heterocycles. The second-order valence-electron chi connectivity index (χ2n) is 3.30. The van der Waals surface area contributed by atoms with E-state index in [9.17, 15) is 9.59 Å². The van der Waals surface area contributed by atoms with Crippen LogP contribution in [0.3, 0.4) is 0 Å². The maximum Gasteiger partial charge on any atom is 0.275 e. The zero-order chi connectivity index (χ0) is 13.8. The van der Waals surface area contributed by atoms with E-state index < -0.39 is 5.91 Å². The van der Waals surface area contributed by atoms with E-state index in [4.69, 9.17) is 11.5 Å². The van der Waals surface area contributed by atoms with Gasteiger partial charge in [-0.1, -0.05) is 0 Å². The van der Waals surface area contributed by atoms with Gasteiger partial charge in [0.05, 0.1) is 0 Å². The van der Waals surface area contributed by atoms with Gasteiger partial charge in [0, 0.05) is 44.9 Å². The van der Waals surface area contributed by atoms with Crippen LogP contribution in [0.1, 0.15) is 6.92 Å². The summed E-state index contributed by atoms with van der Waals surface area (Å²) in [5, 5.41) is 3.71. The summed E-state index contributed by atoms with van der Waals surface area (Å²) in [5.41, 5.74) is 16.2. The number of carbonyl (C=O) groups excluding carboxylic acids is 2. The van der Waals surface area contributed by atoms with Crippen LogP contribution in [-0.4, -0.2) is 49.7 Å². The number of likely N-dealkylation sites (N-methyl/N-ethyl adjacent to an activating group) is 1. The Hall–Kier alpha value is -1.48. The van der Waals surface area contributed by atoms with Gasteiger partial charge in [-0.15, -0.1) is 0 Å². The number of nitrogens with zero attached hydrogens (tertiary/aromatic N) is 1. The summed E-state index contributed by atoms with van der Waals surface area (Å²) < 4.78 is 0. The van der Waals surface area contributed by atoms with Crippen molar-refractivity contribution in [2.75, 3.05) is 32.7 Å². The van der Waals surface area contributed by atoms with Gasteiger partial charge in [0.15, 0.2) is 0 Å². The SMILES string of the molecule is CCNC(=O)/C=C\C(=O)N(NCCN)NCCN. The normalized spacial score (nSPS) is 10.6. The lowest BCUT2D eigenvalue weighted by Gasteiger charge is -2.22. The van der Waals surface area contributed by atoms with Gasteiger partial charge in [0.1, 0.15) is 0 Å². The van der Waals surface area contributed by atoms with Crippen LogP contribution in [0.15, 0.2) is 12.2 Å². The highest BCUT2D eigenvalue weighted by Gasteiger charge is 2.09. The Morgan fingerprint density at radius 3 is 2.11 bits per heavy atom. The average Bonchev–Trinajstić information content (AvgIpc) is 2.36. The number of rotatable bonds is 9. The van der Waals surface area contributed by atoms with Crippen molar-refractivity contribution in [1.29, 1.82) is 0 Å². The molecule has 0 saturated heterocycles. The molecule has 0 fully saturated rings. The van der Waals surface area contributed by atoms with Gasteiger partial charge in [-0.05, 0) is 6.92 Å². The van der Waals surface area contributed by atoms with Crippen LogP contribution in [0.5, 0.6) is 0 Å². The number of nitrogens with two attached hydrogens (primary N) is 2. The molecule has 104 valence electrons. The average molecular weight is 258 g/mol. The first-order valence-corrected chi connectivity index (χ1v) is 5.82. The van der Waals surface area contributed by atoms with Crippen LogP contribution in [-0.2, 0) is 9.59 Å². The van der Waals surface area contributed by atoms with Crippen molar-refractivity contribution in [3.8, 4) is 0 Å². The Labute approximate surface area is 107 Å². The summed E-state index contributed by atoms with van der Waals surface area (Å²) in [6, 6.07) is 0. The van der Waals surface area contributed by atoms with Crippen LogP contribution >= 0.6 is 0 Å². The van der Waals surface area contributed by atoms with Crippen molar-refractivity contribution in [2.45, 2.75) is 6.92 Å². The highest BCUT2D eigenvalue weighted by atomic mass is 16.2. The maximum atomic E-state index is 11.7. The molecule has 0 heterocycles. The number of nitrogens with one attached hydrogen (secondary N) is 3. The van der Waals surface area contributed by atoms with E-state index in [1.165, 1.54) is 6.08 Å². The van der Waals surface area contributed by atoms with Gasteiger partial charge in [0.25, 0.3) is 5.91 Å². The smallest absolute Gasteiger partial charge is 0.275 e. The molecule has 0 rings (SSSR count). The maximum absolute atomic E-state index is 11.7. The van der Waals surface area contributed by atoms with Gasteiger partial charge in [0.2, 0.25) is 5.91 Å². The van der Waals surface area contributed by atoms with Crippen molar-refractivity contribution in [3.05, 3.63) is 12.2 Å². The first-order valence-electron chi connectivity index (χ1n) is 5.82. The zero-order valence-corrected chi connectivity index (χ0v) is 10.6. The second-order valence-corrected chi connectivity index (χ2v) is 3.30. The molecule has 8 nitrogen and oxygen atoms in total. The van der Waals surface area contributed by atoms with E-state index >= 15 is 0 Å². The molecule has 0 bridgehead atoms. The number of hydrazine groups is 2. The van der Waals surface area contributed by atoms with Crippen LogP contribution in [0.2, 0.25) is 0 Å². The third-order valence-electron chi connectivity index (χ3n) is 1.78. The zero-order valence-electron chi connectivity index (χ0n) is 10.6. The minimum absolute atomic E-state index is 0.316. The minimum Gasteiger partial charge on any atom is -0.353 e. The number of carbonyl (C=O) groups is 2. The fourth-order valence-electron chi connectivity index (χ4n) is 1.02. The lowest BCUT2D eigenvalue weighted by molar-refractivity contribution is -0.133. The molecule has 0 aromatic carbocycles. The van der Waals surface area contributed by atoms with E-state index in [1.54, 1.807) is 6.92 Å². The van der Waals surface area contributed by atoms with Gasteiger partial charge < -0.3 is 16.8 Å². The monoisotopic (exact) mass is 258 g/mol. The Morgan fingerprint density at radius 1 is 1.11 bits per heavy atom. The van der Waals surface area contributed by atoms with Gasteiger partial charge in [-0.3, -0.25) is 9.59 Å². The lowest BCUT2D eigenvalue weighted by atomic mass is 10.4. The molecule has 0 saturated carbocycles. The molecule has 0 aliphatic rings. The molecule has 2 amide bonds. The fourth-order valence-corrected chi connectivity index (χ4v) is 1.02. The summed E-state index contributed by atoms with van der Waals surface area (Å²) in [5.74, 6) is -0.716. The molecular weight excluding hydrogens is 236 g/mol. The Bertz CT molecular complexity index is 274. The van der Waals surface area contributed by atoms with Gasteiger partial charge in [-0.25, -0.2) is 16.0 Å². The molecule has 0 radical (unpaired) electrons. The van der Waals surface area contributed by atoms with Crippen LogP contribution in [0.4, 0.5) is 0 Å². The largest absolute Gasteiger partial charge is 0.353 e. The van der Waals surface area contributed by atoms with Crippen molar-refractivity contribution in [2.24, 2.45) is 11.5 Å². The van der Waals surface area contributed by atoms with Crippen LogP contribution < -0.4 is 27.6 Å². The second kappa shape index (κ2) is 10.7. The van der Waals surface area contributed by atoms with Crippen molar-refractivity contribution in [3.63, 3.8) is 0 Å². The first kappa shape index (κ1) is 16.5. The molecule has 18 heavy (non-hydrogen) atoms. The number of hydrogen-bond donors (Lipinski definition) is 5. The summed E-state index contributed by atoms with van der Waals surface area (Å²) in [6.07, 6.45) is 2.34. The van der Waals surface area contributed by atoms with Crippen molar-refractivity contribution < 1.29 is 9.59 Å². The van der Waals surface area contributed by atoms with Crippen LogP contribution in [0, 0.1) is 0 Å². The Kier molecular flexibility index (Phi) is 9.78. The standard InChI is InChI=1S/C10H22N6O2/c1-2-13-9(17)3-4-10(18)16(14-7-5-11)15-8-6-12/h3-4,14-15H,2,5-8,11-12H2,1H3,(H,13,17)/b4-3-. The molecule has 0 spiro atoms. The van der Waals surface area contributed by atoms with Crippen LogP contribution in [0.25, 0.3) is 0 Å². The fraction of sp³-hybridized carbons (Fsp3) is 0.600. The van der Waals surface area contributed by atoms with Gasteiger partial charge >= 0.3 is 0 Å². The Morgan fingerprint density at radius 2 is 1.67 bits per heavy atom. The minimum atomic E-state index is -0.400. The van der Waals surface area contributed by atoms with E-state index in [1.807, 2.05) is 0 Å². The summed E-state index contributed by atoms with van der Waals surface area (Å²) in [6.45, 7) is 3.93. The molecule has 7 N–H and O–H groups in total. The van der Waals surface area contributed by atoms with Crippen molar-refractivity contribution in [1.82, 2.24) is 21.3 Å². The quantitative estimate of drug-likeness (QED) is 0.229. The lowest BCUT2D eigenvalue weighted by Crippen LogP contribution is -2.53. The number of amides is 2. The predicted molar refractivity (Wildman–Crippen MR) is 68.8 cm³/mol. The predicted octanol–water partition coefficient (Wildman–Crippen LogP) is -2.57. The summed E-state index contributed by atoms with van der Waals surface area (Å²) >= 11 is 0. The molecule has 0 aliphatic carbocycles. The molecule has 8 heteroatoms. The molecule has 0 aromatic rings. The molecule has 0 unspecified atom stereocenters. The Balaban J connectivity index is 4.30. The third-order valence-corrected chi connectivity index (χ3v) is 1.78. The van der Waals surface area contributed by atoms with E-state index in [0.717, 1.165) is 11.2 Å². The summed E-state index contributed by atoms with van der Waals surface area (Å²) in [4.78, 5) is 22.9. The number of hydrogen-bond acceptors (Lipinski definition) is 6. The van der Waals surface area contributed by atoms with E-state index in [-0.39, 0.29) is 5.91 Å². The first-order chi connectivity index (χ1) is 8.65. The highest BCUT2D eigenvalue weighted by molar-refractivity contribution is 5.96. The summed E-state index contributed by atoms with van der Waals surface area (Å²) in [7, 11) is 0. The highest BCUT2D eigenvalue weighted by Crippen LogP contribution is 1.83.